The molecule has 2 heterocycles. The molecule has 0 saturated carbocycles. The summed E-state index contributed by atoms with van der Waals surface area (Å²) in [7, 11) is 1.84. The number of halogens is 1. The van der Waals surface area contributed by atoms with Crippen molar-refractivity contribution < 1.29 is 9.18 Å². The highest BCUT2D eigenvalue weighted by Gasteiger charge is 2.31. The molecule has 0 aliphatic carbocycles. The first-order chi connectivity index (χ1) is 11.5. The Kier molecular flexibility index (Phi) is 4.94. The zero-order valence-corrected chi connectivity index (χ0v) is 14.1. The Hall–Kier alpha value is -2.21. The van der Waals surface area contributed by atoms with Crippen LogP contribution in [0.1, 0.15) is 25.3 Å². The van der Waals surface area contributed by atoms with Crippen LogP contribution >= 0.6 is 0 Å². The minimum Gasteiger partial charge on any atom is -0.303 e. The van der Waals surface area contributed by atoms with E-state index in [0.717, 1.165) is 12.8 Å². The standard InChI is InChI=1S/C18H23FN4O/c1-13(12-14-6-3-4-7-15(14)19)20-16-8-5-10-23(18(16)24)17-9-11-22(2)21-17/h3-4,6-7,9,11,13,16,20H,5,8,10,12H2,1-2H3. The van der Waals surface area contributed by atoms with Crippen molar-refractivity contribution in [3.8, 4) is 0 Å². The van der Waals surface area contributed by atoms with Crippen molar-refractivity contribution >= 4 is 11.7 Å². The number of anilines is 1. The topological polar surface area (TPSA) is 50.2 Å². The second kappa shape index (κ2) is 7.13. The number of carbonyl (C=O) groups is 1. The van der Waals surface area contributed by atoms with Gasteiger partial charge in [0.05, 0.1) is 6.04 Å². The number of rotatable bonds is 5. The largest absolute Gasteiger partial charge is 0.303 e. The molecule has 0 spiro atoms. The third-order valence-electron chi connectivity index (χ3n) is 4.38. The van der Waals surface area contributed by atoms with Gasteiger partial charge in [0.2, 0.25) is 5.91 Å². The van der Waals surface area contributed by atoms with Gasteiger partial charge >= 0.3 is 0 Å². The van der Waals surface area contributed by atoms with Crippen molar-refractivity contribution in [3.05, 3.63) is 47.9 Å². The van der Waals surface area contributed by atoms with Crippen molar-refractivity contribution in [1.29, 1.82) is 0 Å². The molecule has 128 valence electrons. The fourth-order valence-electron chi connectivity index (χ4n) is 3.20. The lowest BCUT2D eigenvalue weighted by atomic mass is 10.0. The Morgan fingerprint density at radius 1 is 1.38 bits per heavy atom. The Balaban J connectivity index is 1.64. The van der Waals surface area contributed by atoms with Gasteiger partial charge in [0, 0.05) is 31.9 Å². The lowest BCUT2D eigenvalue weighted by molar-refractivity contribution is -0.122. The molecule has 1 aliphatic heterocycles. The number of hydrogen-bond acceptors (Lipinski definition) is 3. The van der Waals surface area contributed by atoms with Gasteiger partial charge in [0.1, 0.15) is 5.82 Å². The first-order valence-electron chi connectivity index (χ1n) is 8.35. The van der Waals surface area contributed by atoms with Gasteiger partial charge in [-0.1, -0.05) is 18.2 Å². The molecule has 1 aromatic carbocycles. The third-order valence-corrected chi connectivity index (χ3v) is 4.38. The average molecular weight is 330 g/mol. The minimum absolute atomic E-state index is 0.0135. The molecule has 1 N–H and O–H groups in total. The highest BCUT2D eigenvalue weighted by Crippen LogP contribution is 2.20. The number of aromatic nitrogens is 2. The Morgan fingerprint density at radius 3 is 2.88 bits per heavy atom. The van der Waals surface area contributed by atoms with E-state index in [1.54, 1.807) is 21.7 Å². The van der Waals surface area contributed by atoms with Crippen molar-refractivity contribution in [2.45, 2.75) is 38.3 Å². The van der Waals surface area contributed by atoms with Crippen molar-refractivity contribution in [2.24, 2.45) is 7.05 Å². The SMILES string of the molecule is CC(Cc1ccccc1F)NC1CCCN(c2ccn(C)n2)C1=O. The van der Waals surface area contributed by atoms with Crippen LogP contribution in [0.25, 0.3) is 0 Å². The Morgan fingerprint density at radius 2 is 2.17 bits per heavy atom. The average Bonchev–Trinajstić information content (AvgIpc) is 2.98. The zero-order chi connectivity index (χ0) is 17.1. The normalized spacial score (nSPS) is 19.5. The molecule has 1 aliphatic rings. The van der Waals surface area contributed by atoms with Crippen LogP contribution in [0.4, 0.5) is 10.2 Å². The molecule has 2 atom stereocenters. The molecule has 6 heteroatoms. The van der Waals surface area contributed by atoms with E-state index in [1.807, 2.05) is 32.3 Å². The Bertz CT molecular complexity index is 715. The van der Waals surface area contributed by atoms with E-state index in [2.05, 4.69) is 10.4 Å². The van der Waals surface area contributed by atoms with Crippen LogP contribution in [-0.2, 0) is 18.3 Å². The second-order valence-corrected chi connectivity index (χ2v) is 6.40. The number of nitrogens with one attached hydrogen (secondary N) is 1. The van der Waals surface area contributed by atoms with Gasteiger partial charge in [-0.05, 0) is 37.8 Å². The summed E-state index contributed by atoms with van der Waals surface area (Å²) in [6, 6.07) is 8.39. The highest BCUT2D eigenvalue weighted by atomic mass is 19.1. The van der Waals surface area contributed by atoms with Crippen LogP contribution in [0, 0.1) is 5.82 Å². The lowest BCUT2D eigenvalue weighted by Gasteiger charge is -2.33. The predicted octanol–water partition coefficient (Wildman–Crippen LogP) is 2.28. The van der Waals surface area contributed by atoms with E-state index in [4.69, 9.17) is 0 Å². The number of carbonyl (C=O) groups excluding carboxylic acids is 1. The van der Waals surface area contributed by atoms with E-state index in [9.17, 15) is 9.18 Å². The lowest BCUT2D eigenvalue weighted by Crippen LogP contribution is -2.53. The van der Waals surface area contributed by atoms with Gasteiger partial charge in [-0.25, -0.2) is 4.39 Å². The maximum absolute atomic E-state index is 13.8. The fraction of sp³-hybridized carbons (Fsp3) is 0.444. The zero-order valence-electron chi connectivity index (χ0n) is 14.1. The van der Waals surface area contributed by atoms with Crippen molar-refractivity contribution in [2.75, 3.05) is 11.4 Å². The number of hydrogen-bond donors (Lipinski definition) is 1. The van der Waals surface area contributed by atoms with Crippen LogP contribution in [-0.4, -0.2) is 34.3 Å². The predicted molar refractivity (Wildman–Crippen MR) is 91.3 cm³/mol. The summed E-state index contributed by atoms with van der Waals surface area (Å²) in [5.41, 5.74) is 0.669. The first-order valence-corrected chi connectivity index (χ1v) is 8.35. The van der Waals surface area contributed by atoms with Crippen LogP contribution in [0.3, 0.4) is 0 Å². The molecule has 5 nitrogen and oxygen atoms in total. The minimum atomic E-state index is -0.248. The highest BCUT2D eigenvalue weighted by molar-refractivity contribution is 5.97. The van der Waals surface area contributed by atoms with Crippen molar-refractivity contribution in [1.82, 2.24) is 15.1 Å². The molecule has 2 aromatic rings. The first kappa shape index (κ1) is 16.6. The fourth-order valence-corrected chi connectivity index (χ4v) is 3.20. The van der Waals surface area contributed by atoms with E-state index in [-0.39, 0.29) is 23.8 Å². The van der Waals surface area contributed by atoms with E-state index < -0.39 is 0 Å². The molecule has 0 radical (unpaired) electrons. The summed E-state index contributed by atoms with van der Waals surface area (Å²) in [5.74, 6) is 0.535. The van der Waals surface area contributed by atoms with Gasteiger partial charge in [-0.3, -0.25) is 14.4 Å². The van der Waals surface area contributed by atoms with Crippen LogP contribution in [0.5, 0.6) is 0 Å². The number of aryl methyl sites for hydroxylation is 1. The van der Waals surface area contributed by atoms with E-state index in [0.29, 0.717) is 24.3 Å². The number of piperidine rings is 1. The van der Waals surface area contributed by atoms with Crippen LogP contribution < -0.4 is 10.2 Å². The maximum atomic E-state index is 13.8. The van der Waals surface area contributed by atoms with Crippen LogP contribution in [0.2, 0.25) is 0 Å². The smallest absolute Gasteiger partial charge is 0.245 e. The Labute approximate surface area is 141 Å². The molecule has 2 unspecified atom stereocenters. The molecular formula is C18H23FN4O. The monoisotopic (exact) mass is 330 g/mol. The molecular weight excluding hydrogens is 307 g/mol. The molecule has 0 bridgehead atoms. The number of benzene rings is 1. The summed E-state index contributed by atoms with van der Waals surface area (Å²) in [6.07, 6.45) is 4.11. The molecule has 1 aromatic heterocycles. The number of amides is 1. The maximum Gasteiger partial charge on any atom is 0.245 e. The van der Waals surface area contributed by atoms with Crippen LogP contribution in [0.15, 0.2) is 36.5 Å². The van der Waals surface area contributed by atoms with Gasteiger partial charge in [-0.15, -0.1) is 0 Å². The summed E-state index contributed by atoms with van der Waals surface area (Å²) in [4.78, 5) is 14.5. The molecule has 24 heavy (non-hydrogen) atoms. The summed E-state index contributed by atoms with van der Waals surface area (Å²) < 4.78 is 15.5. The second-order valence-electron chi connectivity index (χ2n) is 6.40. The summed E-state index contributed by atoms with van der Waals surface area (Å²) in [5, 5.41) is 7.68. The molecule has 1 saturated heterocycles. The molecule has 3 rings (SSSR count). The van der Waals surface area contributed by atoms with E-state index in [1.165, 1.54) is 6.07 Å². The molecule has 1 amide bonds. The van der Waals surface area contributed by atoms with E-state index >= 15 is 0 Å². The van der Waals surface area contributed by atoms with Gasteiger partial charge in [0.15, 0.2) is 5.82 Å². The number of nitrogens with zero attached hydrogens (tertiary/aromatic N) is 3. The van der Waals surface area contributed by atoms with Gasteiger partial charge in [-0.2, -0.15) is 5.10 Å². The third kappa shape index (κ3) is 3.64. The molecule has 1 fully saturated rings. The van der Waals surface area contributed by atoms with Gasteiger partial charge in [0.25, 0.3) is 0 Å². The summed E-state index contributed by atoms with van der Waals surface area (Å²) >= 11 is 0. The van der Waals surface area contributed by atoms with Gasteiger partial charge < -0.3 is 5.32 Å². The van der Waals surface area contributed by atoms with Crippen molar-refractivity contribution in [3.63, 3.8) is 0 Å². The quantitative estimate of drug-likeness (QED) is 0.915. The summed E-state index contributed by atoms with van der Waals surface area (Å²) in [6.45, 7) is 2.68.